The molecule has 0 bridgehead atoms. The van der Waals surface area contributed by atoms with Crippen molar-refractivity contribution >= 4 is 23.2 Å². The van der Waals surface area contributed by atoms with Gasteiger partial charge < -0.3 is 0 Å². The van der Waals surface area contributed by atoms with Crippen LogP contribution in [-0.4, -0.2) is 11.6 Å². The lowest BCUT2D eigenvalue weighted by molar-refractivity contribution is -0.127. The zero-order valence-corrected chi connectivity index (χ0v) is 10.8. The number of halogens is 1. The van der Waals surface area contributed by atoms with E-state index in [4.69, 9.17) is 11.6 Å². The summed E-state index contributed by atoms with van der Waals surface area (Å²) in [5.41, 5.74) is 4.74. The molecule has 1 aromatic carbocycles. The lowest BCUT2D eigenvalue weighted by Crippen LogP contribution is -2.43. The summed E-state index contributed by atoms with van der Waals surface area (Å²) in [5.74, 6) is 0.452. The van der Waals surface area contributed by atoms with Gasteiger partial charge in [-0.25, -0.2) is 5.43 Å². The van der Waals surface area contributed by atoms with E-state index in [0.29, 0.717) is 0 Å². The third-order valence-electron chi connectivity index (χ3n) is 3.88. The van der Waals surface area contributed by atoms with Crippen molar-refractivity contribution in [2.75, 3.05) is 0 Å². The number of hydrogen-bond donors (Lipinski definition) is 1. The minimum Gasteiger partial charge on any atom is -0.273 e. The molecule has 2 unspecified atom stereocenters. The zero-order valence-electron chi connectivity index (χ0n) is 10.0. The minimum absolute atomic E-state index is 0.0809. The van der Waals surface area contributed by atoms with E-state index in [0.717, 1.165) is 35.6 Å². The smallest absolute Gasteiger partial charge is 0.243 e. The van der Waals surface area contributed by atoms with E-state index in [1.165, 1.54) is 6.42 Å². The molecule has 1 heterocycles. The van der Waals surface area contributed by atoms with Crippen LogP contribution in [0.25, 0.3) is 0 Å². The number of hydrogen-bond acceptors (Lipinski definition) is 2. The molecule has 1 amide bonds. The minimum atomic E-state index is 0.0809. The van der Waals surface area contributed by atoms with Crippen molar-refractivity contribution in [2.24, 2.45) is 16.9 Å². The standard InChI is InChI=1S/C14H15ClN2O/c15-10-7-5-9(6-8-10)13-11-3-1-2-4-12(11)14(18)17-16-13/h5-8,11-12H,1-4H2,(H,17,18). The Morgan fingerprint density at radius 3 is 2.50 bits per heavy atom. The molecule has 18 heavy (non-hydrogen) atoms. The lowest BCUT2D eigenvalue weighted by atomic mass is 9.74. The molecule has 0 aromatic heterocycles. The van der Waals surface area contributed by atoms with Crippen LogP contribution in [0.15, 0.2) is 29.4 Å². The Kier molecular flexibility index (Phi) is 3.08. The lowest BCUT2D eigenvalue weighted by Gasteiger charge is -2.34. The highest BCUT2D eigenvalue weighted by Gasteiger charge is 2.37. The first-order chi connectivity index (χ1) is 8.75. The molecule has 0 spiro atoms. The number of benzene rings is 1. The maximum absolute atomic E-state index is 11.8. The third kappa shape index (κ3) is 2.03. The number of rotatable bonds is 1. The number of carbonyl (C=O) groups excluding carboxylic acids is 1. The summed E-state index contributed by atoms with van der Waals surface area (Å²) < 4.78 is 0. The molecule has 0 saturated heterocycles. The van der Waals surface area contributed by atoms with Gasteiger partial charge in [0.15, 0.2) is 0 Å². The molecule has 1 aliphatic carbocycles. The van der Waals surface area contributed by atoms with Crippen LogP contribution in [0.5, 0.6) is 0 Å². The van der Waals surface area contributed by atoms with Crippen molar-refractivity contribution in [3.63, 3.8) is 0 Å². The van der Waals surface area contributed by atoms with Crippen LogP contribution < -0.4 is 5.43 Å². The highest BCUT2D eigenvalue weighted by atomic mass is 35.5. The van der Waals surface area contributed by atoms with Gasteiger partial charge in [0.2, 0.25) is 5.91 Å². The van der Waals surface area contributed by atoms with Crippen molar-refractivity contribution in [3.8, 4) is 0 Å². The number of hydrazone groups is 1. The second-order valence-electron chi connectivity index (χ2n) is 4.98. The first-order valence-electron chi connectivity index (χ1n) is 6.39. The number of nitrogens with zero attached hydrogens (tertiary/aromatic N) is 1. The van der Waals surface area contributed by atoms with Gasteiger partial charge in [-0.1, -0.05) is 36.6 Å². The van der Waals surface area contributed by atoms with Crippen molar-refractivity contribution in [3.05, 3.63) is 34.9 Å². The summed E-state index contributed by atoms with van der Waals surface area (Å²) in [7, 11) is 0. The van der Waals surface area contributed by atoms with E-state index >= 15 is 0 Å². The number of carbonyl (C=O) groups is 1. The predicted octanol–water partition coefficient (Wildman–Crippen LogP) is 2.98. The summed E-state index contributed by atoms with van der Waals surface area (Å²) >= 11 is 5.90. The molecule has 2 atom stereocenters. The number of fused-ring (bicyclic) bond motifs is 1. The summed E-state index contributed by atoms with van der Waals surface area (Å²) in [6.07, 6.45) is 4.35. The summed E-state index contributed by atoms with van der Waals surface area (Å²) in [6, 6.07) is 7.69. The van der Waals surface area contributed by atoms with Crippen molar-refractivity contribution < 1.29 is 4.79 Å². The maximum atomic E-state index is 11.8. The molecule has 1 saturated carbocycles. The van der Waals surface area contributed by atoms with Crippen LogP contribution in [0, 0.1) is 11.8 Å². The third-order valence-corrected chi connectivity index (χ3v) is 4.13. The molecule has 1 aliphatic heterocycles. The van der Waals surface area contributed by atoms with E-state index < -0.39 is 0 Å². The Balaban J connectivity index is 1.95. The van der Waals surface area contributed by atoms with Gasteiger partial charge in [-0.15, -0.1) is 0 Å². The Bertz CT molecular complexity index is 495. The first kappa shape index (κ1) is 11.7. The second kappa shape index (κ2) is 4.73. The highest BCUT2D eigenvalue weighted by Crippen LogP contribution is 2.35. The SMILES string of the molecule is O=C1NN=C(c2ccc(Cl)cc2)C2CCCCC12. The van der Waals surface area contributed by atoms with Gasteiger partial charge in [-0.2, -0.15) is 5.10 Å². The normalized spacial score (nSPS) is 27.2. The fourth-order valence-corrected chi connectivity index (χ4v) is 3.08. The van der Waals surface area contributed by atoms with Gasteiger partial charge in [0.05, 0.1) is 5.71 Å². The van der Waals surface area contributed by atoms with Gasteiger partial charge in [-0.05, 0) is 30.5 Å². The fraction of sp³-hybridized carbons (Fsp3) is 0.429. The van der Waals surface area contributed by atoms with E-state index in [2.05, 4.69) is 10.5 Å². The van der Waals surface area contributed by atoms with Crippen LogP contribution in [0.3, 0.4) is 0 Å². The van der Waals surface area contributed by atoms with Gasteiger partial charge in [0, 0.05) is 16.9 Å². The topological polar surface area (TPSA) is 41.5 Å². The Labute approximate surface area is 111 Å². The molecule has 1 fully saturated rings. The molecular weight excluding hydrogens is 248 g/mol. The summed E-state index contributed by atoms with van der Waals surface area (Å²) in [5, 5.41) is 4.99. The average Bonchev–Trinajstić information content (AvgIpc) is 2.41. The molecule has 94 valence electrons. The molecule has 0 radical (unpaired) electrons. The monoisotopic (exact) mass is 262 g/mol. The molecule has 3 rings (SSSR count). The predicted molar refractivity (Wildman–Crippen MR) is 71.6 cm³/mol. The van der Waals surface area contributed by atoms with Crippen molar-refractivity contribution in [2.45, 2.75) is 25.7 Å². The van der Waals surface area contributed by atoms with E-state index in [1.807, 2.05) is 24.3 Å². The highest BCUT2D eigenvalue weighted by molar-refractivity contribution is 6.30. The zero-order chi connectivity index (χ0) is 12.5. The summed E-state index contributed by atoms with van der Waals surface area (Å²) in [4.78, 5) is 11.8. The van der Waals surface area contributed by atoms with E-state index in [1.54, 1.807) is 0 Å². The first-order valence-corrected chi connectivity index (χ1v) is 6.77. The van der Waals surface area contributed by atoms with Crippen molar-refractivity contribution in [1.82, 2.24) is 5.43 Å². The van der Waals surface area contributed by atoms with Crippen LogP contribution in [0.4, 0.5) is 0 Å². The Morgan fingerprint density at radius 1 is 1.11 bits per heavy atom. The van der Waals surface area contributed by atoms with Gasteiger partial charge >= 0.3 is 0 Å². The molecule has 1 aromatic rings. The molecule has 2 aliphatic rings. The molecule has 3 nitrogen and oxygen atoms in total. The van der Waals surface area contributed by atoms with Crippen molar-refractivity contribution in [1.29, 1.82) is 0 Å². The van der Waals surface area contributed by atoms with Gasteiger partial charge in [-0.3, -0.25) is 4.79 Å². The van der Waals surface area contributed by atoms with E-state index in [9.17, 15) is 4.79 Å². The van der Waals surface area contributed by atoms with Crippen LogP contribution in [0.1, 0.15) is 31.2 Å². The van der Waals surface area contributed by atoms with Crippen LogP contribution >= 0.6 is 11.6 Å². The number of amides is 1. The Hall–Kier alpha value is -1.35. The largest absolute Gasteiger partial charge is 0.273 e. The Morgan fingerprint density at radius 2 is 1.78 bits per heavy atom. The fourth-order valence-electron chi connectivity index (χ4n) is 2.95. The van der Waals surface area contributed by atoms with Crippen LogP contribution in [-0.2, 0) is 4.79 Å². The molecule has 1 N–H and O–H groups in total. The molecular formula is C14H15ClN2O. The maximum Gasteiger partial charge on any atom is 0.243 e. The van der Waals surface area contributed by atoms with Gasteiger partial charge in [0.25, 0.3) is 0 Å². The molecule has 4 heteroatoms. The number of nitrogens with one attached hydrogen (secondary N) is 1. The van der Waals surface area contributed by atoms with Gasteiger partial charge in [0.1, 0.15) is 0 Å². The second-order valence-corrected chi connectivity index (χ2v) is 5.41. The quantitative estimate of drug-likeness (QED) is 0.831. The van der Waals surface area contributed by atoms with E-state index in [-0.39, 0.29) is 17.7 Å². The summed E-state index contributed by atoms with van der Waals surface area (Å²) in [6.45, 7) is 0. The van der Waals surface area contributed by atoms with Crippen LogP contribution in [0.2, 0.25) is 5.02 Å². The average molecular weight is 263 g/mol.